The minimum absolute atomic E-state index is 0. The summed E-state index contributed by atoms with van der Waals surface area (Å²) in [6.07, 6.45) is 0. The van der Waals surface area contributed by atoms with Gasteiger partial charge in [0, 0.05) is 0 Å². The Balaban J connectivity index is -0.0000000533. The topological polar surface area (TPSA) is 369 Å². The van der Waals surface area contributed by atoms with Crippen molar-refractivity contribution in [3.8, 4) is 0 Å². The van der Waals surface area contributed by atoms with Gasteiger partial charge in [0.25, 0.3) is 0 Å². The molecule has 21 heteroatoms. The van der Waals surface area contributed by atoms with Crippen LogP contribution in [-0.4, -0.2) is 0 Å². The molecule has 0 aromatic heterocycles. The standard InChI is InChI=1S/4IO4.Th/c4*2-1(3,4)5;/q4*-1;+4. The van der Waals surface area contributed by atoms with Crippen molar-refractivity contribution in [2.45, 2.75) is 0 Å². The zero-order chi connectivity index (χ0) is 18.0. The first-order valence-electron chi connectivity index (χ1n) is 2.47. The number of rotatable bonds is 0. The molecule has 128 valence electrons. The van der Waals surface area contributed by atoms with Gasteiger partial charge in [0.1, 0.15) is 80.4 Å². The zero-order valence-electron chi connectivity index (χ0n) is 8.54. The summed E-state index contributed by atoms with van der Waals surface area (Å²) in [5.74, 6) is 0. The number of halogens is 4. The molecule has 0 atom stereocenters. The van der Waals surface area contributed by atoms with Gasteiger partial charge in [0.15, 0.2) is 0 Å². The Labute approximate surface area is 172 Å². The van der Waals surface area contributed by atoms with Gasteiger partial charge >= 0.3 is 39.9 Å². The maximum atomic E-state index is 8.62. The minimum atomic E-state index is -5.94. The van der Waals surface area contributed by atoms with E-state index in [9.17, 15) is 0 Å². The molecular formula is I4O16Th. The second-order valence-electron chi connectivity index (χ2n) is 1.51. The van der Waals surface area contributed by atoms with Crippen LogP contribution in [0, 0.1) is 39.9 Å². The van der Waals surface area contributed by atoms with Crippen LogP contribution < -0.4 is 135 Å². The van der Waals surface area contributed by atoms with Crippen molar-refractivity contribution in [1.82, 2.24) is 0 Å². The van der Waals surface area contributed by atoms with Gasteiger partial charge in [-0.15, -0.1) is 0 Å². The number of hydrogen-bond donors (Lipinski definition) is 0. The van der Waals surface area contributed by atoms with Gasteiger partial charge in [-0.3, -0.25) is 55.0 Å². The van der Waals surface area contributed by atoms with E-state index in [0.717, 1.165) is 0 Å². The van der Waals surface area contributed by atoms with E-state index in [4.69, 9.17) is 55.0 Å². The van der Waals surface area contributed by atoms with Crippen LogP contribution in [0.2, 0.25) is 0 Å². The third-order valence-corrected chi connectivity index (χ3v) is 0. The molecule has 0 heterocycles. The Hall–Kier alpha value is 3.60. The molecule has 0 fully saturated rings. The van der Waals surface area contributed by atoms with E-state index in [1.54, 1.807) is 0 Å². The third kappa shape index (κ3) is 848. The summed E-state index contributed by atoms with van der Waals surface area (Å²) in [6, 6.07) is 0. The average Bonchev–Trinajstić information content (AvgIpc) is 1.62. The van der Waals surface area contributed by atoms with Crippen LogP contribution >= 0.6 is 0 Å². The van der Waals surface area contributed by atoms with Gasteiger partial charge in [0.05, 0.1) is 0 Å². The summed E-state index contributed by atoms with van der Waals surface area (Å²) in [7, 11) is 0. The molecule has 0 saturated heterocycles. The van der Waals surface area contributed by atoms with Crippen molar-refractivity contribution in [3.63, 3.8) is 0 Å². The molecule has 0 rings (SSSR count). The summed E-state index contributed by atoms with van der Waals surface area (Å²) in [5.41, 5.74) is 0. The SMILES string of the molecule is [O-][I+3]([O-])([O-])[O-].[O-][I+3]([O-])([O-])[O-].[O-][I+3]([O-])([O-])[O-].[O-][I+3]([O-])([O-])[O-].[Th+4]. The monoisotopic (exact) mass is 996 g/mol. The normalized spacial score (nSPS) is 11.4. The summed E-state index contributed by atoms with van der Waals surface area (Å²) in [5, 5.41) is 0. The Morgan fingerprint density at radius 1 is 0.238 bits per heavy atom. The first-order chi connectivity index (χ1) is 8.00. The van der Waals surface area contributed by atoms with Crippen molar-refractivity contribution in [2.75, 3.05) is 0 Å². The van der Waals surface area contributed by atoms with Crippen molar-refractivity contribution in [1.29, 1.82) is 0 Å². The van der Waals surface area contributed by atoms with E-state index in [1.807, 2.05) is 0 Å². The summed E-state index contributed by atoms with van der Waals surface area (Å²) in [4.78, 5) is 0. The molecule has 0 amide bonds. The summed E-state index contributed by atoms with van der Waals surface area (Å²) < 4.78 is 138. The molecule has 0 aliphatic heterocycles. The van der Waals surface area contributed by atoms with Crippen LogP contribution in [0.4, 0.5) is 0 Å². The fraction of sp³-hybridized carbons (Fsp3) is 0. The summed E-state index contributed by atoms with van der Waals surface area (Å²) >= 11 is -23.8. The molecule has 0 bridgehead atoms. The van der Waals surface area contributed by atoms with Crippen molar-refractivity contribution < 1.29 is 175 Å². The van der Waals surface area contributed by atoms with Gasteiger partial charge in [0.2, 0.25) is 0 Å². The van der Waals surface area contributed by atoms with E-state index < -0.39 is 80.4 Å². The van der Waals surface area contributed by atoms with Gasteiger partial charge in [-0.2, -0.15) is 0 Å². The molecule has 21 heavy (non-hydrogen) atoms. The maximum absolute atomic E-state index is 8.62. The Bertz CT molecular complexity index is 130. The van der Waals surface area contributed by atoms with Crippen LogP contribution in [0.3, 0.4) is 0 Å². The van der Waals surface area contributed by atoms with Crippen LogP contribution in [0.25, 0.3) is 0 Å². The average molecular weight is 996 g/mol. The Kier molecular flexibility index (Phi) is 26.9. The van der Waals surface area contributed by atoms with E-state index in [0.29, 0.717) is 0 Å². The molecule has 0 aromatic rings. The fourth-order valence-electron chi connectivity index (χ4n) is 0. The van der Waals surface area contributed by atoms with Crippen LogP contribution in [0.5, 0.6) is 0 Å². The Morgan fingerprint density at radius 2 is 0.238 bits per heavy atom. The first-order valence-corrected chi connectivity index (χ1v) is 16.6. The van der Waals surface area contributed by atoms with Gasteiger partial charge in [-0.25, -0.2) is 0 Å². The largest absolute Gasteiger partial charge is 4.00 e. The molecule has 0 aliphatic rings. The molecule has 0 saturated carbocycles. The third-order valence-electron chi connectivity index (χ3n) is 0. The van der Waals surface area contributed by atoms with Gasteiger partial charge < -0.3 is 0 Å². The zero-order valence-corrected chi connectivity index (χ0v) is 21.3. The smallest absolute Gasteiger partial charge is 0.286 e. The van der Waals surface area contributed by atoms with E-state index in [1.165, 1.54) is 0 Å². The molecule has 0 spiro atoms. The second kappa shape index (κ2) is 15.8. The quantitative estimate of drug-likeness (QED) is 0.203. The van der Waals surface area contributed by atoms with Gasteiger partial charge in [-0.05, 0) is 0 Å². The molecule has 0 unspecified atom stereocenters. The molecule has 0 aromatic carbocycles. The minimum Gasteiger partial charge on any atom is -0.286 e. The molecule has 16 nitrogen and oxygen atoms in total. The van der Waals surface area contributed by atoms with Crippen molar-refractivity contribution in [2.24, 2.45) is 0 Å². The van der Waals surface area contributed by atoms with E-state index in [2.05, 4.69) is 0 Å². The van der Waals surface area contributed by atoms with E-state index in [-0.39, 0.29) is 39.9 Å². The number of hydrogen-bond acceptors (Lipinski definition) is 16. The van der Waals surface area contributed by atoms with Gasteiger partial charge in [-0.1, -0.05) is 0 Å². The van der Waals surface area contributed by atoms with Crippen LogP contribution in [0.15, 0.2) is 0 Å². The molecule has 0 aliphatic carbocycles. The summed E-state index contributed by atoms with van der Waals surface area (Å²) in [6.45, 7) is 0. The molecule has 0 N–H and O–H groups in total. The molecule has 0 radical (unpaired) electrons. The van der Waals surface area contributed by atoms with E-state index >= 15 is 0 Å². The predicted octanol–water partition coefficient (Wildman–Crippen LogP) is -31.0. The van der Waals surface area contributed by atoms with Crippen molar-refractivity contribution in [3.05, 3.63) is 0 Å². The molecular weight excluding hydrogens is 996 g/mol. The first kappa shape index (κ1) is 35.7. The van der Waals surface area contributed by atoms with Crippen LogP contribution in [0.1, 0.15) is 0 Å². The Morgan fingerprint density at radius 3 is 0.238 bits per heavy atom. The second-order valence-corrected chi connectivity index (χ2v) is 10.1. The fourth-order valence-corrected chi connectivity index (χ4v) is 0. The maximum Gasteiger partial charge on any atom is 4.00 e. The van der Waals surface area contributed by atoms with Crippen LogP contribution in [-0.2, 0) is 0 Å². The predicted molar refractivity (Wildman–Crippen MR) is 0 cm³/mol. The van der Waals surface area contributed by atoms with Crippen molar-refractivity contribution >= 4 is 0 Å².